The van der Waals surface area contributed by atoms with Gasteiger partial charge in [0.05, 0.1) is 6.61 Å². The highest BCUT2D eigenvalue weighted by Crippen LogP contribution is 2.28. The maximum absolute atomic E-state index is 11.7. The molecule has 1 aromatic heterocycles. The SMILES string of the molecule is O=C(NCCOCC1CC1)c1ncccc1Br. The maximum atomic E-state index is 11.7. The summed E-state index contributed by atoms with van der Waals surface area (Å²) >= 11 is 3.29. The van der Waals surface area contributed by atoms with Gasteiger partial charge in [-0.05, 0) is 46.8 Å². The molecule has 0 spiro atoms. The van der Waals surface area contributed by atoms with Crippen LogP contribution in [0, 0.1) is 5.92 Å². The molecule has 4 nitrogen and oxygen atoms in total. The molecule has 0 unspecified atom stereocenters. The van der Waals surface area contributed by atoms with Crippen molar-refractivity contribution in [1.29, 1.82) is 0 Å². The molecule has 1 heterocycles. The van der Waals surface area contributed by atoms with Crippen LogP contribution in [0.4, 0.5) is 0 Å². The van der Waals surface area contributed by atoms with Crippen molar-refractivity contribution >= 4 is 21.8 Å². The van der Waals surface area contributed by atoms with Crippen molar-refractivity contribution < 1.29 is 9.53 Å². The third-order valence-electron chi connectivity index (χ3n) is 2.56. The molecule has 1 aromatic rings. The number of carbonyl (C=O) groups is 1. The molecular formula is C12H15BrN2O2. The number of hydrogen-bond donors (Lipinski definition) is 1. The van der Waals surface area contributed by atoms with E-state index in [1.165, 1.54) is 12.8 Å². The number of pyridine rings is 1. The fourth-order valence-electron chi connectivity index (χ4n) is 1.41. The van der Waals surface area contributed by atoms with E-state index in [1.54, 1.807) is 18.3 Å². The van der Waals surface area contributed by atoms with Crippen molar-refractivity contribution in [2.45, 2.75) is 12.8 Å². The molecule has 0 atom stereocenters. The van der Waals surface area contributed by atoms with Crippen molar-refractivity contribution in [2.75, 3.05) is 19.8 Å². The quantitative estimate of drug-likeness (QED) is 0.817. The number of nitrogens with one attached hydrogen (secondary N) is 1. The van der Waals surface area contributed by atoms with Crippen molar-refractivity contribution in [3.63, 3.8) is 0 Å². The second-order valence-corrected chi connectivity index (χ2v) is 4.96. The van der Waals surface area contributed by atoms with Gasteiger partial charge in [-0.25, -0.2) is 4.98 Å². The van der Waals surface area contributed by atoms with Gasteiger partial charge in [0.25, 0.3) is 5.91 Å². The number of amides is 1. The van der Waals surface area contributed by atoms with Crippen LogP contribution in [0.15, 0.2) is 22.8 Å². The van der Waals surface area contributed by atoms with Crippen LogP contribution in [0.1, 0.15) is 23.3 Å². The lowest BCUT2D eigenvalue weighted by Gasteiger charge is -2.06. The molecule has 0 radical (unpaired) electrons. The average molecular weight is 299 g/mol. The Morgan fingerprint density at radius 3 is 3.12 bits per heavy atom. The standard InChI is InChI=1S/C12H15BrN2O2/c13-10-2-1-5-14-11(10)12(16)15-6-7-17-8-9-3-4-9/h1-2,5,9H,3-4,6-8H2,(H,15,16). The number of halogens is 1. The first-order chi connectivity index (χ1) is 8.27. The van der Waals surface area contributed by atoms with Gasteiger partial charge < -0.3 is 10.1 Å². The van der Waals surface area contributed by atoms with Crippen molar-refractivity contribution in [1.82, 2.24) is 10.3 Å². The monoisotopic (exact) mass is 298 g/mol. The van der Waals surface area contributed by atoms with Gasteiger partial charge in [0, 0.05) is 23.8 Å². The number of ether oxygens (including phenoxy) is 1. The van der Waals surface area contributed by atoms with Crippen molar-refractivity contribution in [3.05, 3.63) is 28.5 Å². The Kier molecular flexibility index (Phi) is 4.50. The highest BCUT2D eigenvalue weighted by Gasteiger charge is 2.20. The van der Waals surface area contributed by atoms with Crippen LogP contribution in [-0.2, 0) is 4.74 Å². The molecule has 17 heavy (non-hydrogen) atoms. The average Bonchev–Trinajstić information content (AvgIpc) is 3.13. The highest BCUT2D eigenvalue weighted by molar-refractivity contribution is 9.10. The fraction of sp³-hybridized carbons (Fsp3) is 0.500. The van der Waals surface area contributed by atoms with Crippen molar-refractivity contribution in [2.24, 2.45) is 5.92 Å². The number of aromatic nitrogens is 1. The molecule has 1 amide bonds. The topological polar surface area (TPSA) is 51.2 Å². The molecular weight excluding hydrogens is 284 g/mol. The van der Waals surface area contributed by atoms with E-state index in [1.807, 2.05) is 0 Å². The Hall–Kier alpha value is -0.940. The minimum atomic E-state index is -0.174. The van der Waals surface area contributed by atoms with E-state index >= 15 is 0 Å². The molecule has 0 aromatic carbocycles. The van der Waals surface area contributed by atoms with Gasteiger partial charge in [0.2, 0.25) is 0 Å². The molecule has 1 fully saturated rings. The first-order valence-corrected chi connectivity index (χ1v) is 6.53. The Bertz CT molecular complexity index is 394. The van der Waals surface area contributed by atoms with Gasteiger partial charge in [-0.2, -0.15) is 0 Å². The largest absolute Gasteiger partial charge is 0.379 e. The first-order valence-electron chi connectivity index (χ1n) is 5.74. The molecule has 92 valence electrons. The molecule has 1 aliphatic carbocycles. The van der Waals surface area contributed by atoms with Crippen LogP contribution in [0.5, 0.6) is 0 Å². The van der Waals surface area contributed by atoms with Crippen LogP contribution in [0.2, 0.25) is 0 Å². The highest BCUT2D eigenvalue weighted by atomic mass is 79.9. The van der Waals surface area contributed by atoms with Crippen LogP contribution < -0.4 is 5.32 Å². The minimum Gasteiger partial charge on any atom is -0.379 e. The van der Waals surface area contributed by atoms with E-state index in [2.05, 4.69) is 26.2 Å². The predicted octanol–water partition coefficient (Wildman–Crippen LogP) is 2.00. The lowest BCUT2D eigenvalue weighted by molar-refractivity contribution is 0.0901. The summed E-state index contributed by atoms with van der Waals surface area (Å²) in [7, 11) is 0. The normalized spacial score (nSPS) is 14.6. The Balaban J connectivity index is 1.67. The maximum Gasteiger partial charge on any atom is 0.271 e. The summed E-state index contributed by atoms with van der Waals surface area (Å²) in [5.41, 5.74) is 0.412. The van der Waals surface area contributed by atoms with Crippen LogP contribution >= 0.6 is 15.9 Å². The van der Waals surface area contributed by atoms with E-state index in [0.29, 0.717) is 23.3 Å². The Morgan fingerprint density at radius 2 is 2.41 bits per heavy atom. The molecule has 0 bridgehead atoms. The van der Waals surface area contributed by atoms with E-state index in [0.717, 1.165) is 12.5 Å². The number of hydrogen-bond acceptors (Lipinski definition) is 3. The fourth-order valence-corrected chi connectivity index (χ4v) is 1.84. The molecule has 5 heteroatoms. The van der Waals surface area contributed by atoms with Gasteiger partial charge >= 0.3 is 0 Å². The van der Waals surface area contributed by atoms with Crippen LogP contribution in [0.25, 0.3) is 0 Å². The zero-order valence-corrected chi connectivity index (χ0v) is 11.1. The molecule has 0 saturated heterocycles. The van der Waals surface area contributed by atoms with E-state index < -0.39 is 0 Å². The molecule has 1 aliphatic rings. The zero-order chi connectivity index (χ0) is 12.1. The van der Waals surface area contributed by atoms with Gasteiger partial charge in [-0.1, -0.05) is 0 Å². The second-order valence-electron chi connectivity index (χ2n) is 4.11. The lowest BCUT2D eigenvalue weighted by Crippen LogP contribution is -2.28. The third-order valence-corrected chi connectivity index (χ3v) is 3.20. The van der Waals surface area contributed by atoms with Gasteiger partial charge in [0.1, 0.15) is 5.69 Å². The number of nitrogens with zero attached hydrogens (tertiary/aromatic N) is 1. The van der Waals surface area contributed by atoms with E-state index in [4.69, 9.17) is 4.74 Å². The summed E-state index contributed by atoms with van der Waals surface area (Å²) in [5.74, 6) is 0.586. The predicted molar refractivity (Wildman–Crippen MR) is 67.8 cm³/mol. The summed E-state index contributed by atoms with van der Waals surface area (Å²) in [5, 5.41) is 2.78. The second kappa shape index (κ2) is 6.12. The summed E-state index contributed by atoms with van der Waals surface area (Å²) in [4.78, 5) is 15.7. The van der Waals surface area contributed by atoms with Crippen molar-refractivity contribution in [3.8, 4) is 0 Å². The lowest BCUT2D eigenvalue weighted by atomic mass is 10.3. The number of carbonyl (C=O) groups excluding carboxylic acids is 1. The van der Waals surface area contributed by atoms with E-state index in [-0.39, 0.29) is 5.91 Å². The third kappa shape index (κ3) is 4.09. The summed E-state index contributed by atoms with van der Waals surface area (Å²) in [6.45, 7) is 1.91. The molecule has 1 N–H and O–H groups in total. The van der Waals surface area contributed by atoms with Crippen LogP contribution in [0.3, 0.4) is 0 Å². The zero-order valence-electron chi connectivity index (χ0n) is 9.49. The molecule has 2 rings (SSSR count). The summed E-state index contributed by atoms with van der Waals surface area (Å²) < 4.78 is 6.13. The summed E-state index contributed by atoms with van der Waals surface area (Å²) in [6.07, 6.45) is 4.17. The Morgan fingerprint density at radius 1 is 1.59 bits per heavy atom. The molecule has 1 saturated carbocycles. The molecule has 0 aliphatic heterocycles. The van der Waals surface area contributed by atoms with Gasteiger partial charge in [0.15, 0.2) is 0 Å². The number of rotatable bonds is 6. The minimum absolute atomic E-state index is 0.174. The first kappa shape index (κ1) is 12.5. The summed E-state index contributed by atoms with van der Waals surface area (Å²) in [6, 6.07) is 3.57. The van der Waals surface area contributed by atoms with Gasteiger partial charge in [-0.15, -0.1) is 0 Å². The van der Waals surface area contributed by atoms with Crippen LogP contribution in [-0.4, -0.2) is 30.6 Å². The van der Waals surface area contributed by atoms with Gasteiger partial charge in [-0.3, -0.25) is 4.79 Å². The Labute approximate surface area is 109 Å². The van der Waals surface area contributed by atoms with E-state index in [9.17, 15) is 4.79 Å². The smallest absolute Gasteiger partial charge is 0.271 e.